The molecule has 1 unspecified atom stereocenters. The van der Waals surface area contributed by atoms with Gasteiger partial charge in [-0.25, -0.2) is 4.79 Å². The van der Waals surface area contributed by atoms with Gasteiger partial charge in [-0.15, -0.1) is 11.3 Å². The fourth-order valence-corrected chi connectivity index (χ4v) is 2.19. The van der Waals surface area contributed by atoms with Gasteiger partial charge in [-0.2, -0.15) is 0 Å². The molecule has 1 amide bonds. The zero-order valence-electron chi connectivity index (χ0n) is 9.97. The number of hydrogen-bond acceptors (Lipinski definition) is 4. The van der Waals surface area contributed by atoms with Crippen LogP contribution >= 0.6 is 11.3 Å². The van der Waals surface area contributed by atoms with Gasteiger partial charge < -0.3 is 14.7 Å². The van der Waals surface area contributed by atoms with Gasteiger partial charge in [-0.1, -0.05) is 0 Å². The van der Waals surface area contributed by atoms with E-state index in [0.29, 0.717) is 11.5 Å². The molecule has 1 aromatic heterocycles. The number of methoxy groups -OCH3 is 1. The molecule has 1 atom stereocenters. The fraction of sp³-hybridized carbons (Fsp3) is 0.455. The number of carbonyl (C=O) groups excluding carboxylic acids is 1. The number of likely N-dealkylation sites (N-methyl/N-ethyl adjacent to an activating group) is 1. The summed E-state index contributed by atoms with van der Waals surface area (Å²) in [6.45, 7) is 1.82. The van der Waals surface area contributed by atoms with Crippen LogP contribution < -0.4 is 0 Å². The van der Waals surface area contributed by atoms with Gasteiger partial charge in [0.15, 0.2) is 0 Å². The first kappa shape index (κ1) is 13.7. The van der Waals surface area contributed by atoms with E-state index in [1.807, 2.05) is 0 Å². The van der Waals surface area contributed by atoms with Crippen LogP contribution in [0.3, 0.4) is 0 Å². The Morgan fingerprint density at radius 1 is 1.59 bits per heavy atom. The fourth-order valence-electron chi connectivity index (χ4n) is 1.29. The Hall–Kier alpha value is -1.40. The highest BCUT2D eigenvalue weighted by molar-refractivity contribution is 7.12. The van der Waals surface area contributed by atoms with Crippen molar-refractivity contribution in [3.05, 3.63) is 21.9 Å². The number of carboxylic acid groups (broad SMARTS) is 1. The van der Waals surface area contributed by atoms with Crippen molar-refractivity contribution in [1.29, 1.82) is 0 Å². The van der Waals surface area contributed by atoms with E-state index in [-0.39, 0.29) is 5.91 Å². The molecule has 6 heteroatoms. The summed E-state index contributed by atoms with van der Waals surface area (Å²) in [6.07, 6.45) is 0. The second-order valence-electron chi connectivity index (χ2n) is 3.64. The van der Waals surface area contributed by atoms with Crippen molar-refractivity contribution in [3.8, 4) is 0 Å². The van der Waals surface area contributed by atoms with E-state index in [2.05, 4.69) is 0 Å². The predicted octanol–water partition coefficient (Wildman–Crippen LogP) is 1.44. The van der Waals surface area contributed by atoms with Crippen molar-refractivity contribution < 1.29 is 19.4 Å². The van der Waals surface area contributed by atoms with Crippen LogP contribution in [0.15, 0.2) is 11.4 Å². The third-order valence-electron chi connectivity index (χ3n) is 2.50. The van der Waals surface area contributed by atoms with E-state index in [1.165, 1.54) is 30.2 Å². The Labute approximate surface area is 104 Å². The Kier molecular flexibility index (Phi) is 4.65. The number of amides is 1. The molecule has 0 saturated carbocycles. The summed E-state index contributed by atoms with van der Waals surface area (Å²) in [5.41, 5.74) is 0.784. The Morgan fingerprint density at radius 2 is 2.24 bits per heavy atom. The molecule has 1 heterocycles. The molecular weight excluding hydrogens is 242 g/mol. The van der Waals surface area contributed by atoms with E-state index in [0.717, 1.165) is 5.56 Å². The smallest absolute Gasteiger partial charge is 0.326 e. The lowest BCUT2D eigenvalue weighted by molar-refractivity contribution is -0.141. The maximum atomic E-state index is 12.1. The topological polar surface area (TPSA) is 66.8 Å². The molecule has 1 N–H and O–H groups in total. The van der Waals surface area contributed by atoms with E-state index < -0.39 is 12.0 Å². The average Bonchev–Trinajstić information content (AvgIpc) is 2.74. The second kappa shape index (κ2) is 5.79. The number of thiophene rings is 1. The summed E-state index contributed by atoms with van der Waals surface area (Å²) in [5, 5.41) is 10.6. The zero-order valence-corrected chi connectivity index (χ0v) is 10.8. The highest BCUT2D eigenvalue weighted by Crippen LogP contribution is 2.20. The molecule has 17 heavy (non-hydrogen) atoms. The van der Waals surface area contributed by atoms with Crippen LogP contribution in [0.25, 0.3) is 0 Å². The Bertz CT molecular complexity index is 415. The van der Waals surface area contributed by atoms with Gasteiger partial charge in [0.05, 0.1) is 11.5 Å². The molecule has 0 bridgehead atoms. The molecule has 0 radical (unpaired) electrons. The number of hydrogen-bond donors (Lipinski definition) is 1. The summed E-state index contributed by atoms with van der Waals surface area (Å²) in [4.78, 5) is 24.6. The maximum absolute atomic E-state index is 12.1. The molecular formula is C11H15NO4S. The lowest BCUT2D eigenvalue weighted by atomic mass is 10.2. The Morgan fingerprint density at radius 3 is 2.76 bits per heavy atom. The van der Waals surface area contributed by atoms with Crippen molar-refractivity contribution in [2.75, 3.05) is 14.2 Å². The highest BCUT2D eigenvalue weighted by atomic mass is 32.1. The highest BCUT2D eigenvalue weighted by Gasteiger charge is 2.25. The minimum absolute atomic E-state index is 0.290. The lowest BCUT2D eigenvalue weighted by Gasteiger charge is -2.21. The molecule has 0 aliphatic rings. The van der Waals surface area contributed by atoms with E-state index in [4.69, 9.17) is 9.84 Å². The Balaban J connectivity index is 2.88. The number of carboxylic acids is 1. The molecule has 5 nitrogen and oxygen atoms in total. The van der Waals surface area contributed by atoms with Gasteiger partial charge in [-0.3, -0.25) is 4.79 Å². The molecule has 0 aliphatic heterocycles. The van der Waals surface area contributed by atoms with Crippen molar-refractivity contribution in [1.82, 2.24) is 4.90 Å². The van der Waals surface area contributed by atoms with E-state index in [1.54, 1.807) is 18.6 Å². The van der Waals surface area contributed by atoms with Gasteiger partial charge >= 0.3 is 5.97 Å². The molecule has 1 rings (SSSR count). The third kappa shape index (κ3) is 3.04. The summed E-state index contributed by atoms with van der Waals surface area (Å²) < 4.78 is 4.98. The average molecular weight is 257 g/mol. The van der Waals surface area contributed by atoms with Crippen LogP contribution in [0.4, 0.5) is 0 Å². The molecule has 0 saturated heterocycles. The first-order valence-corrected chi connectivity index (χ1v) is 5.92. The van der Waals surface area contributed by atoms with Gasteiger partial charge in [0.1, 0.15) is 6.04 Å². The van der Waals surface area contributed by atoms with Crippen LogP contribution in [0.1, 0.15) is 22.2 Å². The first-order chi connectivity index (χ1) is 7.99. The molecule has 94 valence electrons. The van der Waals surface area contributed by atoms with Crippen molar-refractivity contribution >= 4 is 23.2 Å². The largest absolute Gasteiger partial charge is 0.480 e. The molecule has 1 aromatic rings. The third-order valence-corrected chi connectivity index (χ3v) is 3.44. The van der Waals surface area contributed by atoms with Crippen molar-refractivity contribution in [2.24, 2.45) is 0 Å². The number of ether oxygens (including phenoxy) is 1. The minimum Gasteiger partial charge on any atom is -0.480 e. The molecule has 0 aliphatic carbocycles. The summed E-state index contributed by atoms with van der Waals surface area (Å²) in [7, 11) is 3.03. The van der Waals surface area contributed by atoms with Crippen molar-refractivity contribution in [3.63, 3.8) is 0 Å². The summed E-state index contributed by atoms with van der Waals surface area (Å²) >= 11 is 1.29. The van der Waals surface area contributed by atoms with Crippen LogP contribution in [-0.4, -0.2) is 42.1 Å². The number of aliphatic carboxylic acids is 1. The normalized spacial score (nSPS) is 12.2. The standard InChI is InChI=1S/C11H15NO4S/c1-7(11(14)15)12(2)10(13)9-8(6-16-3)4-5-17-9/h4-5,7H,6H2,1-3H3,(H,14,15). The van der Waals surface area contributed by atoms with Crippen LogP contribution in [0.5, 0.6) is 0 Å². The number of carbonyl (C=O) groups is 2. The quantitative estimate of drug-likeness (QED) is 0.866. The van der Waals surface area contributed by atoms with E-state index >= 15 is 0 Å². The zero-order chi connectivity index (χ0) is 13.0. The number of rotatable bonds is 5. The van der Waals surface area contributed by atoms with Gasteiger partial charge in [0, 0.05) is 19.7 Å². The van der Waals surface area contributed by atoms with E-state index in [9.17, 15) is 9.59 Å². The summed E-state index contributed by atoms with van der Waals surface area (Å²) in [5.74, 6) is -1.31. The molecule has 0 aromatic carbocycles. The van der Waals surface area contributed by atoms with Gasteiger partial charge in [-0.05, 0) is 18.4 Å². The summed E-state index contributed by atoms with van der Waals surface area (Å²) in [6, 6.07) is 0.959. The molecule has 0 spiro atoms. The first-order valence-electron chi connectivity index (χ1n) is 5.04. The predicted molar refractivity (Wildman–Crippen MR) is 64.2 cm³/mol. The SMILES string of the molecule is COCc1ccsc1C(=O)N(C)C(C)C(=O)O. The molecule has 0 fully saturated rings. The van der Waals surface area contributed by atoms with Crippen LogP contribution in [0, 0.1) is 0 Å². The van der Waals surface area contributed by atoms with Crippen LogP contribution in [0.2, 0.25) is 0 Å². The van der Waals surface area contributed by atoms with Gasteiger partial charge in [0.2, 0.25) is 0 Å². The second-order valence-corrected chi connectivity index (χ2v) is 4.55. The minimum atomic E-state index is -1.02. The monoisotopic (exact) mass is 257 g/mol. The van der Waals surface area contributed by atoms with Crippen LogP contribution in [-0.2, 0) is 16.1 Å². The lowest BCUT2D eigenvalue weighted by Crippen LogP contribution is -2.40. The van der Waals surface area contributed by atoms with Gasteiger partial charge in [0.25, 0.3) is 5.91 Å². The number of nitrogens with zero attached hydrogens (tertiary/aromatic N) is 1. The maximum Gasteiger partial charge on any atom is 0.326 e. The van der Waals surface area contributed by atoms with Crippen molar-refractivity contribution in [2.45, 2.75) is 19.6 Å².